The number of amides is 1. The first-order valence-corrected chi connectivity index (χ1v) is 9.23. The lowest BCUT2D eigenvalue weighted by molar-refractivity contribution is -0.274. The Morgan fingerprint density at radius 2 is 1.88 bits per heavy atom. The number of hydrogen-bond donors (Lipinski definition) is 1. The molecule has 1 saturated heterocycles. The second-order valence-electron chi connectivity index (χ2n) is 6.05. The topological polar surface area (TPSA) is 79.0 Å². The van der Waals surface area contributed by atoms with E-state index in [1.54, 1.807) is 0 Å². The first kappa shape index (κ1) is 20.5. The highest BCUT2D eigenvalue weighted by molar-refractivity contribution is 7.86. The predicted molar refractivity (Wildman–Crippen MR) is 88.7 cm³/mol. The van der Waals surface area contributed by atoms with E-state index in [1.807, 2.05) is 0 Å². The number of benzene rings is 1. The highest BCUT2D eigenvalue weighted by Crippen LogP contribution is 2.25. The van der Waals surface area contributed by atoms with Crippen molar-refractivity contribution >= 4 is 21.8 Å². The van der Waals surface area contributed by atoms with Crippen molar-refractivity contribution in [2.24, 2.45) is 5.92 Å². The minimum Gasteiger partial charge on any atom is -0.406 e. The van der Waals surface area contributed by atoms with Gasteiger partial charge < -0.3 is 10.1 Å². The van der Waals surface area contributed by atoms with Crippen molar-refractivity contribution in [2.45, 2.75) is 19.2 Å². The molecule has 7 nitrogen and oxygen atoms in total. The number of carbonyl (C=O) groups is 1. The number of hydrogen-bond acceptors (Lipinski definition) is 4. The largest absolute Gasteiger partial charge is 0.573 e. The standard InChI is InChI=1S/C15H20F3N3O4S/c1-20(2)26(23,24)21-9-3-4-11(10-21)14(22)19-12-5-7-13(8-6-12)25-15(16,17)18/h5-8,11H,3-4,9-10H2,1-2H3,(H,19,22)/t11-/m1/s1. The Morgan fingerprint density at radius 1 is 1.27 bits per heavy atom. The van der Waals surface area contributed by atoms with Gasteiger partial charge in [-0.25, -0.2) is 0 Å². The van der Waals surface area contributed by atoms with Crippen molar-refractivity contribution in [1.29, 1.82) is 0 Å². The molecule has 1 aliphatic rings. The van der Waals surface area contributed by atoms with Gasteiger partial charge in [0.25, 0.3) is 10.2 Å². The van der Waals surface area contributed by atoms with Crippen LogP contribution in [-0.4, -0.2) is 56.5 Å². The lowest BCUT2D eigenvalue weighted by atomic mass is 9.99. The second kappa shape index (κ2) is 7.80. The van der Waals surface area contributed by atoms with Gasteiger partial charge >= 0.3 is 6.36 Å². The van der Waals surface area contributed by atoms with Gasteiger partial charge in [-0.1, -0.05) is 0 Å². The van der Waals surface area contributed by atoms with Gasteiger partial charge in [0.05, 0.1) is 5.92 Å². The third kappa shape index (κ3) is 5.32. The molecule has 0 spiro atoms. The van der Waals surface area contributed by atoms with Gasteiger partial charge in [-0.15, -0.1) is 13.2 Å². The van der Waals surface area contributed by atoms with E-state index in [0.29, 0.717) is 25.1 Å². The summed E-state index contributed by atoms with van der Waals surface area (Å²) in [4.78, 5) is 12.4. The molecular weight excluding hydrogens is 375 g/mol. The highest BCUT2D eigenvalue weighted by Gasteiger charge is 2.34. The summed E-state index contributed by atoms with van der Waals surface area (Å²) >= 11 is 0. The predicted octanol–water partition coefficient (Wildman–Crippen LogP) is 2.04. The molecule has 1 aromatic carbocycles. The van der Waals surface area contributed by atoms with Crippen molar-refractivity contribution in [3.63, 3.8) is 0 Å². The summed E-state index contributed by atoms with van der Waals surface area (Å²) in [5, 5.41) is 2.59. The van der Waals surface area contributed by atoms with Crippen molar-refractivity contribution in [1.82, 2.24) is 8.61 Å². The van der Waals surface area contributed by atoms with E-state index in [9.17, 15) is 26.4 Å². The molecule has 0 unspecified atom stereocenters. The summed E-state index contributed by atoms with van der Waals surface area (Å²) < 4.78 is 66.9. The van der Waals surface area contributed by atoms with Gasteiger partial charge in [0.15, 0.2) is 0 Å². The van der Waals surface area contributed by atoms with Crippen molar-refractivity contribution in [3.05, 3.63) is 24.3 Å². The van der Waals surface area contributed by atoms with E-state index >= 15 is 0 Å². The summed E-state index contributed by atoms with van der Waals surface area (Å²) in [7, 11) is -0.758. The molecule has 146 valence electrons. The summed E-state index contributed by atoms with van der Waals surface area (Å²) in [6, 6.07) is 4.76. The monoisotopic (exact) mass is 395 g/mol. The zero-order valence-corrected chi connectivity index (χ0v) is 15.1. The van der Waals surface area contributed by atoms with Gasteiger partial charge in [-0.05, 0) is 37.1 Å². The van der Waals surface area contributed by atoms with Crippen LogP contribution in [0.1, 0.15) is 12.8 Å². The van der Waals surface area contributed by atoms with Crippen molar-refractivity contribution < 1.29 is 31.1 Å². The van der Waals surface area contributed by atoms with Crippen LogP contribution in [0.15, 0.2) is 24.3 Å². The van der Waals surface area contributed by atoms with Crippen LogP contribution in [0.25, 0.3) is 0 Å². The van der Waals surface area contributed by atoms with Crippen LogP contribution in [0, 0.1) is 5.92 Å². The average Bonchev–Trinajstić information content (AvgIpc) is 2.55. The molecule has 1 heterocycles. The van der Waals surface area contributed by atoms with Gasteiger partial charge in [0.2, 0.25) is 5.91 Å². The minimum absolute atomic E-state index is 0.0572. The van der Waals surface area contributed by atoms with E-state index < -0.39 is 28.2 Å². The molecule has 0 aliphatic carbocycles. The van der Waals surface area contributed by atoms with Gasteiger partial charge in [0, 0.05) is 32.9 Å². The van der Waals surface area contributed by atoms with Crippen LogP contribution in [-0.2, 0) is 15.0 Å². The first-order valence-electron chi connectivity index (χ1n) is 7.83. The molecule has 0 saturated carbocycles. The average molecular weight is 395 g/mol. The molecule has 1 aromatic rings. The Hall–Kier alpha value is -1.85. The third-order valence-corrected chi connectivity index (χ3v) is 5.81. The van der Waals surface area contributed by atoms with Gasteiger partial charge in [0.1, 0.15) is 5.75 Å². The molecule has 1 fully saturated rings. The number of carbonyl (C=O) groups excluding carboxylic acids is 1. The summed E-state index contributed by atoms with van der Waals surface area (Å²) in [5.74, 6) is -1.31. The van der Waals surface area contributed by atoms with E-state index in [-0.39, 0.29) is 12.5 Å². The number of nitrogens with zero attached hydrogens (tertiary/aromatic N) is 2. The summed E-state index contributed by atoms with van der Waals surface area (Å²) in [6.07, 6.45) is -3.71. The van der Waals surface area contributed by atoms with E-state index in [2.05, 4.69) is 10.1 Å². The Bertz CT molecular complexity index is 735. The van der Waals surface area contributed by atoms with Crippen LogP contribution in [0.3, 0.4) is 0 Å². The maximum atomic E-state index is 12.4. The van der Waals surface area contributed by atoms with Crippen LogP contribution >= 0.6 is 0 Å². The molecule has 11 heteroatoms. The molecule has 0 aromatic heterocycles. The number of ether oxygens (including phenoxy) is 1. The fourth-order valence-corrected chi connectivity index (χ4v) is 3.77. The zero-order valence-electron chi connectivity index (χ0n) is 14.3. The van der Waals surface area contributed by atoms with Gasteiger partial charge in [-0.3, -0.25) is 4.79 Å². The van der Waals surface area contributed by atoms with Crippen LogP contribution < -0.4 is 10.1 Å². The molecule has 1 amide bonds. The molecule has 1 atom stereocenters. The fraction of sp³-hybridized carbons (Fsp3) is 0.533. The fourth-order valence-electron chi connectivity index (χ4n) is 2.58. The second-order valence-corrected chi connectivity index (χ2v) is 8.19. The van der Waals surface area contributed by atoms with E-state index in [4.69, 9.17) is 0 Å². The van der Waals surface area contributed by atoms with E-state index in [1.165, 1.54) is 30.5 Å². The van der Waals surface area contributed by atoms with Crippen LogP contribution in [0.5, 0.6) is 5.75 Å². The number of nitrogens with one attached hydrogen (secondary N) is 1. The number of piperidine rings is 1. The number of anilines is 1. The SMILES string of the molecule is CN(C)S(=O)(=O)N1CCC[C@@H](C(=O)Nc2ccc(OC(F)(F)F)cc2)C1. The summed E-state index contributed by atoms with van der Waals surface area (Å²) in [6.45, 7) is 0.398. The third-order valence-electron chi connectivity index (χ3n) is 3.90. The normalized spacial score (nSPS) is 19.4. The first-order chi connectivity index (χ1) is 12.0. The van der Waals surface area contributed by atoms with Crippen LogP contribution in [0.4, 0.5) is 18.9 Å². The molecule has 1 aliphatic heterocycles. The maximum Gasteiger partial charge on any atom is 0.573 e. The Kier molecular flexibility index (Phi) is 6.14. The number of rotatable bonds is 5. The molecule has 0 bridgehead atoms. The van der Waals surface area contributed by atoms with Gasteiger partial charge in [-0.2, -0.15) is 17.0 Å². The molecule has 2 rings (SSSR count). The molecular formula is C15H20F3N3O4S. The smallest absolute Gasteiger partial charge is 0.406 e. The molecule has 26 heavy (non-hydrogen) atoms. The molecule has 0 radical (unpaired) electrons. The van der Waals surface area contributed by atoms with Crippen LogP contribution in [0.2, 0.25) is 0 Å². The zero-order chi connectivity index (χ0) is 19.5. The summed E-state index contributed by atoms with van der Waals surface area (Å²) in [5.41, 5.74) is 0.303. The minimum atomic E-state index is -4.78. The van der Waals surface area contributed by atoms with E-state index in [0.717, 1.165) is 16.4 Å². The number of alkyl halides is 3. The Balaban J connectivity index is 1.99. The lowest BCUT2D eigenvalue weighted by Gasteiger charge is -2.32. The number of halogens is 3. The van der Waals surface area contributed by atoms with Crippen molar-refractivity contribution in [3.8, 4) is 5.75 Å². The molecule has 1 N–H and O–H groups in total. The quantitative estimate of drug-likeness (QED) is 0.828. The Labute approximate surface area is 149 Å². The lowest BCUT2D eigenvalue weighted by Crippen LogP contribution is -2.47. The maximum absolute atomic E-state index is 12.4. The van der Waals surface area contributed by atoms with Crippen molar-refractivity contribution in [2.75, 3.05) is 32.5 Å². The Morgan fingerprint density at radius 3 is 2.42 bits per heavy atom. The highest BCUT2D eigenvalue weighted by atomic mass is 32.2.